The molecule has 0 amide bonds. The fraction of sp³-hybridized carbons (Fsp3) is 0.125. The molecule has 0 aliphatic carbocycles. The third kappa shape index (κ3) is 4.82. The molecular weight excluding hydrogens is 469 g/mol. The predicted molar refractivity (Wildman–Crippen MR) is 118 cm³/mol. The lowest BCUT2D eigenvalue weighted by molar-refractivity contribution is -0.274. The van der Waals surface area contributed by atoms with Gasteiger partial charge in [-0.3, -0.25) is 0 Å². The minimum Gasteiger partial charge on any atom is -0.438 e. The van der Waals surface area contributed by atoms with Crippen LogP contribution in [0.4, 0.5) is 13.2 Å². The normalized spacial score (nSPS) is 13.0. The van der Waals surface area contributed by atoms with Crippen molar-refractivity contribution in [3.8, 4) is 17.2 Å². The van der Waals surface area contributed by atoms with Gasteiger partial charge in [0.05, 0.1) is 10.9 Å². The Morgan fingerprint density at radius 3 is 2.18 bits per heavy atom. The number of ether oxygens (including phenoxy) is 1. The Hall–Kier alpha value is -3.63. The molecular formula is C24H19F3N2O4S. The van der Waals surface area contributed by atoms with Gasteiger partial charge in [0.1, 0.15) is 5.75 Å². The number of hydrogen-bond acceptors (Lipinski definition) is 6. The molecule has 10 heteroatoms. The highest BCUT2D eigenvalue weighted by Gasteiger charge is 2.33. The molecule has 0 radical (unpaired) electrons. The van der Waals surface area contributed by atoms with Crippen LogP contribution in [0.1, 0.15) is 22.9 Å². The van der Waals surface area contributed by atoms with Crippen molar-refractivity contribution in [3.63, 3.8) is 0 Å². The van der Waals surface area contributed by atoms with Crippen LogP contribution >= 0.6 is 0 Å². The largest absolute Gasteiger partial charge is 0.573 e. The molecule has 0 saturated carbocycles. The van der Waals surface area contributed by atoms with Gasteiger partial charge < -0.3 is 14.9 Å². The minimum atomic E-state index is -4.84. The topological polar surface area (TPSA) is 95.4 Å². The SMILES string of the molecule is Cc1ccccc1-c1nc(S(=O)(=O)c2ccccc2)c(C(N)c2ccc(OC(F)(F)F)cc2)o1. The third-order valence-corrected chi connectivity index (χ3v) is 6.75. The van der Waals surface area contributed by atoms with E-state index in [0.717, 1.165) is 17.7 Å². The number of halogens is 3. The number of alkyl halides is 3. The Labute approximate surface area is 193 Å². The van der Waals surface area contributed by atoms with Gasteiger partial charge in [-0.1, -0.05) is 48.5 Å². The number of aromatic nitrogens is 1. The van der Waals surface area contributed by atoms with Gasteiger partial charge in [-0.25, -0.2) is 8.42 Å². The summed E-state index contributed by atoms with van der Waals surface area (Å²) in [6.45, 7) is 1.82. The first-order valence-electron chi connectivity index (χ1n) is 10.0. The average molecular weight is 488 g/mol. The van der Waals surface area contributed by atoms with Crippen LogP contribution in [0.2, 0.25) is 0 Å². The van der Waals surface area contributed by atoms with Gasteiger partial charge in [-0.2, -0.15) is 4.98 Å². The molecule has 176 valence electrons. The molecule has 4 aromatic rings. The molecule has 2 N–H and O–H groups in total. The minimum absolute atomic E-state index is 0.00186. The van der Waals surface area contributed by atoms with E-state index < -0.39 is 28.0 Å². The molecule has 0 spiro atoms. The van der Waals surface area contributed by atoms with Gasteiger partial charge in [0.15, 0.2) is 5.76 Å². The van der Waals surface area contributed by atoms with Crippen molar-refractivity contribution in [3.05, 3.63) is 95.7 Å². The van der Waals surface area contributed by atoms with Gasteiger partial charge >= 0.3 is 6.36 Å². The van der Waals surface area contributed by atoms with E-state index in [1.165, 1.54) is 24.3 Å². The number of sulfone groups is 1. The fourth-order valence-electron chi connectivity index (χ4n) is 3.37. The number of hydrogen-bond donors (Lipinski definition) is 1. The maximum Gasteiger partial charge on any atom is 0.573 e. The molecule has 1 heterocycles. The highest BCUT2D eigenvalue weighted by molar-refractivity contribution is 7.91. The quantitative estimate of drug-likeness (QED) is 0.389. The lowest BCUT2D eigenvalue weighted by Gasteiger charge is -2.13. The molecule has 0 fully saturated rings. The third-order valence-electron chi connectivity index (χ3n) is 5.06. The van der Waals surface area contributed by atoms with E-state index in [-0.39, 0.29) is 21.6 Å². The van der Waals surface area contributed by atoms with Crippen LogP contribution in [0, 0.1) is 6.92 Å². The van der Waals surface area contributed by atoms with E-state index in [9.17, 15) is 21.6 Å². The fourth-order valence-corrected chi connectivity index (χ4v) is 4.75. The van der Waals surface area contributed by atoms with E-state index in [1.54, 1.807) is 30.3 Å². The van der Waals surface area contributed by atoms with Crippen LogP contribution in [0.5, 0.6) is 5.75 Å². The Morgan fingerprint density at radius 1 is 0.941 bits per heavy atom. The van der Waals surface area contributed by atoms with Gasteiger partial charge in [0.25, 0.3) is 0 Å². The van der Waals surface area contributed by atoms with Crippen molar-refractivity contribution in [2.45, 2.75) is 29.2 Å². The van der Waals surface area contributed by atoms with Crippen molar-refractivity contribution in [1.29, 1.82) is 0 Å². The Morgan fingerprint density at radius 2 is 1.56 bits per heavy atom. The highest BCUT2D eigenvalue weighted by Crippen LogP contribution is 2.35. The lowest BCUT2D eigenvalue weighted by atomic mass is 10.1. The van der Waals surface area contributed by atoms with Crippen molar-refractivity contribution in [2.75, 3.05) is 0 Å². The highest BCUT2D eigenvalue weighted by atomic mass is 32.2. The Bertz CT molecular complexity index is 1400. The van der Waals surface area contributed by atoms with Crippen molar-refractivity contribution in [2.24, 2.45) is 5.73 Å². The average Bonchev–Trinajstić information content (AvgIpc) is 3.25. The summed E-state index contributed by atoms with van der Waals surface area (Å²) in [6.07, 6.45) is -4.84. The van der Waals surface area contributed by atoms with Crippen LogP contribution in [0.3, 0.4) is 0 Å². The summed E-state index contributed by atoms with van der Waals surface area (Å²) >= 11 is 0. The van der Waals surface area contributed by atoms with E-state index in [4.69, 9.17) is 10.2 Å². The molecule has 0 aliphatic rings. The van der Waals surface area contributed by atoms with Crippen molar-refractivity contribution >= 4 is 9.84 Å². The maximum absolute atomic E-state index is 13.4. The molecule has 1 aromatic heterocycles. The molecule has 6 nitrogen and oxygen atoms in total. The van der Waals surface area contributed by atoms with Crippen LogP contribution < -0.4 is 10.5 Å². The summed E-state index contributed by atoms with van der Waals surface area (Å²) in [4.78, 5) is 4.30. The maximum atomic E-state index is 13.4. The summed E-state index contributed by atoms with van der Waals surface area (Å²) in [5, 5.41) is -0.361. The second kappa shape index (κ2) is 8.96. The molecule has 34 heavy (non-hydrogen) atoms. The standard InChI is InChI=1S/C24H19F3N2O4S/c1-15-7-5-6-10-19(15)22-29-23(34(30,31)18-8-3-2-4-9-18)21(32-22)20(28)16-11-13-17(14-12-16)33-24(25,26)27/h2-14,20H,28H2,1H3. The van der Waals surface area contributed by atoms with Crippen molar-refractivity contribution in [1.82, 2.24) is 4.98 Å². The summed E-state index contributed by atoms with van der Waals surface area (Å²) in [5.74, 6) is -0.500. The Balaban J connectivity index is 1.82. The zero-order valence-corrected chi connectivity index (χ0v) is 18.6. The number of nitrogens with two attached hydrogens (primary N) is 1. The van der Waals surface area contributed by atoms with E-state index in [0.29, 0.717) is 11.1 Å². The molecule has 0 saturated heterocycles. The smallest absolute Gasteiger partial charge is 0.438 e. The van der Waals surface area contributed by atoms with Crippen LogP contribution in [0.25, 0.3) is 11.5 Å². The van der Waals surface area contributed by atoms with Gasteiger partial charge in [0.2, 0.25) is 20.8 Å². The summed E-state index contributed by atoms with van der Waals surface area (Å²) in [5.41, 5.74) is 8.04. The van der Waals surface area contributed by atoms with Crippen LogP contribution in [-0.2, 0) is 9.84 Å². The van der Waals surface area contributed by atoms with Crippen LogP contribution in [0.15, 0.2) is 93.2 Å². The lowest BCUT2D eigenvalue weighted by Crippen LogP contribution is -2.18. The number of oxazole rings is 1. The molecule has 1 unspecified atom stereocenters. The summed E-state index contributed by atoms with van der Waals surface area (Å²) in [7, 11) is -4.11. The monoisotopic (exact) mass is 488 g/mol. The van der Waals surface area contributed by atoms with E-state index in [1.807, 2.05) is 19.1 Å². The number of aryl methyl sites for hydroxylation is 1. The molecule has 4 rings (SSSR count). The van der Waals surface area contributed by atoms with E-state index >= 15 is 0 Å². The molecule has 1 atom stereocenters. The van der Waals surface area contributed by atoms with Crippen molar-refractivity contribution < 1.29 is 30.7 Å². The second-order valence-electron chi connectivity index (χ2n) is 7.41. The number of benzene rings is 3. The first kappa shape index (κ1) is 23.5. The molecule has 3 aromatic carbocycles. The van der Waals surface area contributed by atoms with Gasteiger partial charge in [-0.15, -0.1) is 13.2 Å². The van der Waals surface area contributed by atoms with Gasteiger partial charge in [0, 0.05) is 5.56 Å². The first-order chi connectivity index (χ1) is 16.1. The Kier molecular flexibility index (Phi) is 6.20. The van der Waals surface area contributed by atoms with E-state index in [2.05, 4.69) is 9.72 Å². The zero-order valence-electron chi connectivity index (χ0n) is 17.8. The first-order valence-corrected chi connectivity index (χ1v) is 11.5. The molecule has 0 aliphatic heterocycles. The summed E-state index contributed by atoms with van der Waals surface area (Å²) in [6, 6.07) is 18.5. The zero-order chi connectivity index (χ0) is 24.5. The van der Waals surface area contributed by atoms with Gasteiger partial charge in [-0.05, 0) is 48.4 Å². The predicted octanol–water partition coefficient (Wildman–Crippen LogP) is 5.43. The number of rotatable bonds is 6. The second-order valence-corrected chi connectivity index (χ2v) is 9.28. The van der Waals surface area contributed by atoms with Crippen LogP contribution in [-0.4, -0.2) is 19.8 Å². The number of nitrogens with zero attached hydrogens (tertiary/aromatic N) is 1. The molecule has 0 bridgehead atoms. The summed E-state index contributed by atoms with van der Waals surface area (Å²) < 4.78 is 74.0.